The van der Waals surface area contributed by atoms with Gasteiger partial charge in [0.1, 0.15) is 0 Å². The van der Waals surface area contributed by atoms with Gasteiger partial charge in [0.15, 0.2) is 0 Å². The molecule has 11 heteroatoms. The van der Waals surface area contributed by atoms with E-state index < -0.39 is 40.6 Å². The Morgan fingerprint density at radius 2 is 1.89 bits per heavy atom. The molecule has 0 N–H and O–H groups in total. The lowest BCUT2D eigenvalue weighted by atomic mass is 9.99. The van der Waals surface area contributed by atoms with Crippen LogP contribution in [0.15, 0.2) is 24.4 Å². The molecule has 0 radical (unpaired) electrons. The number of benzene rings is 1. The van der Waals surface area contributed by atoms with Crippen LogP contribution in [0.3, 0.4) is 0 Å². The van der Waals surface area contributed by atoms with Crippen LogP contribution in [0.2, 0.25) is 5.02 Å². The molecule has 4 nitrogen and oxygen atoms in total. The number of hydrogen-bond donors (Lipinski definition) is 0. The number of carbonyl (C=O) groups excluding carboxylic acids is 1. The summed E-state index contributed by atoms with van der Waals surface area (Å²) in [6.07, 6.45) is -8.36. The molecule has 1 aliphatic rings. The van der Waals surface area contributed by atoms with Crippen LogP contribution in [-0.2, 0) is 18.9 Å². The van der Waals surface area contributed by atoms with E-state index in [1.54, 1.807) is 0 Å². The zero-order valence-corrected chi connectivity index (χ0v) is 14.5. The number of rotatable bonds is 1. The van der Waals surface area contributed by atoms with Crippen molar-refractivity contribution in [2.24, 2.45) is 0 Å². The molecule has 0 bridgehead atoms. The normalized spacial score (nSPS) is 17.8. The standard InChI is InChI=1S/C16H12ClF6N3O/c1-8-13-9(7-24-26(13)16(21,22)23)5-6-25(8)14(27)10-3-2-4-11(12(10)17)15(18,19)20/h2-4,7-8H,5-6H2,1H3. The summed E-state index contributed by atoms with van der Waals surface area (Å²) in [5, 5.41) is 2.55. The molecule has 1 atom stereocenters. The van der Waals surface area contributed by atoms with Crippen molar-refractivity contribution in [3.63, 3.8) is 0 Å². The molecule has 27 heavy (non-hydrogen) atoms. The zero-order valence-electron chi connectivity index (χ0n) is 13.7. The Balaban J connectivity index is 2.00. The highest BCUT2D eigenvalue weighted by atomic mass is 35.5. The lowest BCUT2D eigenvalue weighted by molar-refractivity contribution is -0.215. The third kappa shape index (κ3) is 3.38. The van der Waals surface area contributed by atoms with Crippen molar-refractivity contribution in [2.45, 2.75) is 31.9 Å². The van der Waals surface area contributed by atoms with Crippen LogP contribution in [0.1, 0.15) is 40.1 Å². The molecular formula is C16H12ClF6N3O. The number of carbonyl (C=O) groups is 1. The average Bonchev–Trinajstić information content (AvgIpc) is 2.99. The van der Waals surface area contributed by atoms with Gasteiger partial charge in [0, 0.05) is 6.54 Å². The van der Waals surface area contributed by atoms with E-state index in [9.17, 15) is 31.1 Å². The second-order valence-electron chi connectivity index (χ2n) is 6.02. The lowest BCUT2D eigenvalue weighted by Gasteiger charge is -2.34. The van der Waals surface area contributed by atoms with E-state index in [4.69, 9.17) is 11.6 Å². The quantitative estimate of drug-likeness (QED) is 0.633. The molecular weight excluding hydrogens is 400 g/mol. The van der Waals surface area contributed by atoms with E-state index in [-0.39, 0.29) is 23.3 Å². The van der Waals surface area contributed by atoms with Crippen LogP contribution in [0.4, 0.5) is 26.3 Å². The van der Waals surface area contributed by atoms with Crippen LogP contribution in [0.5, 0.6) is 0 Å². The van der Waals surface area contributed by atoms with Gasteiger partial charge in [-0.15, -0.1) is 13.2 Å². The highest BCUT2D eigenvalue weighted by Gasteiger charge is 2.41. The van der Waals surface area contributed by atoms with Gasteiger partial charge in [-0.3, -0.25) is 4.79 Å². The Morgan fingerprint density at radius 3 is 2.48 bits per heavy atom. The van der Waals surface area contributed by atoms with Gasteiger partial charge in [0.05, 0.1) is 34.1 Å². The van der Waals surface area contributed by atoms with Gasteiger partial charge < -0.3 is 4.90 Å². The molecule has 146 valence electrons. The predicted octanol–water partition coefficient (Wildman–Crippen LogP) is 4.79. The van der Waals surface area contributed by atoms with Gasteiger partial charge in [0.2, 0.25) is 0 Å². The summed E-state index contributed by atoms with van der Waals surface area (Å²) in [5.41, 5.74) is -1.48. The molecule has 1 amide bonds. The summed E-state index contributed by atoms with van der Waals surface area (Å²) in [7, 11) is 0. The maximum absolute atomic E-state index is 13.1. The Morgan fingerprint density at radius 1 is 1.22 bits per heavy atom. The Bertz CT molecular complexity index is 889. The van der Waals surface area contributed by atoms with E-state index in [1.807, 2.05) is 0 Å². The first-order chi connectivity index (χ1) is 12.4. The molecule has 3 rings (SSSR count). The van der Waals surface area contributed by atoms with Crippen LogP contribution in [0.25, 0.3) is 0 Å². The monoisotopic (exact) mass is 411 g/mol. The summed E-state index contributed by atoms with van der Waals surface area (Å²) in [6, 6.07) is 1.83. The molecule has 2 heterocycles. The summed E-state index contributed by atoms with van der Waals surface area (Å²) in [6.45, 7) is 1.39. The first kappa shape index (κ1) is 19.5. The van der Waals surface area contributed by atoms with E-state index in [2.05, 4.69) is 5.10 Å². The summed E-state index contributed by atoms with van der Waals surface area (Å²) < 4.78 is 78.3. The maximum atomic E-state index is 13.1. The summed E-state index contributed by atoms with van der Waals surface area (Å²) >= 11 is 5.77. The minimum atomic E-state index is -4.78. The van der Waals surface area contributed by atoms with E-state index in [0.717, 1.165) is 29.3 Å². The SMILES string of the molecule is CC1c2c(cnn2C(F)(F)F)CCN1C(=O)c1cccc(C(F)(F)F)c1Cl. The van der Waals surface area contributed by atoms with Gasteiger partial charge >= 0.3 is 12.5 Å². The maximum Gasteiger partial charge on any atom is 0.504 e. The van der Waals surface area contributed by atoms with Gasteiger partial charge in [0.25, 0.3) is 5.91 Å². The highest BCUT2D eigenvalue weighted by Crippen LogP contribution is 2.39. The zero-order chi connectivity index (χ0) is 20.1. The number of alkyl halides is 6. The second-order valence-corrected chi connectivity index (χ2v) is 6.40. The van der Waals surface area contributed by atoms with Crippen molar-refractivity contribution < 1.29 is 31.1 Å². The smallest absolute Gasteiger partial charge is 0.330 e. The molecule has 1 aromatic carbocycles. The van der Waals surface area contributed by atoms with Crippen molar-refractivity contribution in [2.75, 3.05) is 6.54 Å². The molecule has 0 saturated carbocycles. The van der Waals surface area contributed by atoms with Crippen LogP contribution in [-0.4, -0.2) is 27.1 Å². The fourth-order valence-corrected chi connectivity index (χ4v) is 3.48. The summed E-state index contributed by atoms with van der Waals surface area (Å²) in [4.78, 5) is 13.8. The number of hydrogen-bond acceptors (Lipinski definition) is 2. The van der Waals surface area contributed by atoms with Crippen LogP contribution < -0.4 is 0 Å². The average molecular weight is 412 g/mol. The van der Waals surface area contributed by atoms with Gasteiger partial charge in [-0.2, -0.15) is 23.0 Å². The largest absolute Gasteiger partial charge is 0.504 e. The molecule has 0 aliphatic carbocycles. The number of amides is 1. The third-order valence-corrected chi connectivity index (χ3v) is 4.81. The third-order valence-electron chi connectivity index (χ3n) is 4.41. The van der Waals surface area contributed by atoms with Crippen LogP contribution >= 0.6 is 11.6 Å². The van der Waals surface area contributed by atoms with Crippen molar-refractivity contribution in [1.82, 2.24) is 14.7 Å². The number of nitrogens with zero attached hydrogens (tertiary/aromatic N) is 3. The number of halogens is 7. The first-order valence-electron chi connectivity index (χ1n) is 7.73. The second kappa shape index (κ2) is 6.43. The Hall–Kier alpha value is -2.23. The fraction of sp³-hybridized carbons (Fsp3) is 0.375. The van der Waals surface area contributed by atoms with Gasteiger partial charge in [-0.05, 0) is 31.0 Å². The van der Waals surface area contributed by atoms with Gasteiger partial charge in [-0.25, -0.2) is 0 Å². The van der Waals surface area contributed by atoms with Crippen molar-refractivity contribution in [3.05, 3.63) is 51.8 Å². The molecule has 1 unspecified atom stereocenters. The topological polar surface area (TPSA) is 38.1 Å². The van der Waals surface area contributed by atoms with E-state index in [0.29, 0.717) is 5.56 Å². The van der Waals surface area contributed by atoms with Crippen molar-refractivity contribution >= 4 is 17.5 Å². The van der Waals surface area contributed by atoms with Crippen molar-refractivity contribution in [1.29, 1.82) is 0 Å². The van der Waals surface area contributed by atoms with Crippen molar-refractivity contribution in [3.8, 4) is 0 Å². The molecule has 2 aromatic rings. The Kier molecular flexibility index (Phi) is 4.65. The summed E-state index contributed by atoms with van der Waals surface area (Å²) in [5.74, 6) is -0.876. The van der Waals surface area contributed by atoms with Gasteiger partial charge in [-0.1, -0.05) is 17.7 Å². The molecule has 1 aromatic heterocycles. The first-order valence-corrected chi connectivity index (χ1v) is 8.11. The lowest BCUT2D eigenvalue weighted by Crippen LogP contribution is -2.41. The number of aromatic nitrogens is 2. The number of fused-ring (bicyclic) bond motifs is 1. The molecule has 0 fully saturated rings. The minimum Gasteiger partial charge on any atom is -0.330 e. The van der Waals surface area contributed by atoms with Crippen LogP contribution in [0, 0.1) is 0 Å². The van der Waals surface area contributed by atoms with E-state index in [1.165, 1.54) is 6.92 Å². The fourth-order valence-electron chi connectivity index (χ4n) is 3.16. The predicted molar refractivity (Wildman–Crippen MR) is 83.1 cm³/mol. The molecule has 1 aliphatic heterocycles. The Labute approximate surface area is 154 Å². The van der Waals surface area contributed by atoms with E-state index >= 15 is 0 Å². The highest BCUT2D eigenvalue weighted by molar-refractivity contribution is 6.34. The molecule has 0 spiro atoms. The minimum absolute atomic E-state index is 0.0309. The molecule has 0 saturated heterocycles.